The number of hydrogen-bond donors (Lipinski definition) is 1. The molecule has 2 aromatic rings. The lowest BCUT2D eigenvalue weighted by molar-refractivity contribution is 0.0637. The standard InChI is InChI=1S/C21H27N3O3/c1-4-22(13-16-8-6-5-7-9-16)14-17-12-18(25)20(26)19-21(27)23(15(2)3)10-11-24(17)19/h5-9,12,15,26H,4,10-11,13-14H2,1-3H3. The fourth-order valence-electron chi connectivity index (χ4n) is 3.58. The van der Waals surface area contributed by atoms with Crippen LogP contribution < -0.4 is 5.43 Å². The minimum Gasteiger partial charge on any atom is -0.503 e. The molecule has 6 heteroatoms. The summed E-state index contributed by atoms with van der Waals surface area (Å²) in [6, 6.07) is 11.6. The molecule has 0 radical (unpaired) electrons. The molecule has 2 heterocycles. The van der Waals surface area contributed by atoms with Gasteiger partial charge in [0.1, 0.15) is 0 Å². The molecule has 3 rings (SSSR count). The lowest BCUT2D eigenvalue weighted by Gasteiger charge is -2.35. The third-order valence-corrected chi connectivity index (χ3v) is 5.11. The lowest BCUT2D eigenvalue weighted by Crippen LogP contribution is -2.46. The number of carbonyl (C=O) groups is 1. The van der Waals surface area contributed by atoms with Gasteiger partial charge in [-0.25, -0.2) is 0 Å². The van der Waals surface area contributed by atoms with Gasteiger partial charge in [-0.3, -0.25) is 14.5 Å². The first kappa shape index (κ1) is 19.2. The summed E-state index contributed by atoms with van der Waals surface area (Å²) >= 11 is 0. The average molecular weight is 369 g/mol. The van der Waals surface area contributed by atoms with Crippen LogP contribution in [0.25, 0.3) is 0 Å². The molecule has 0 saturated heterocycles. The molecule has 0 aliphatic carbocycles. The van der Waals surface area contributed by atoms with E-state index in [2.05, 4.69) is 24.0 Å². The molecule has 0 spiro atoms. The van der Waals surface area contributed by atoms with Crippen LogP contribution in [-0.2, 0) is 19.6 Å². The first-order valence-electron chi connectivity index (χ1n) is 9.45. The zero-order chi connectivity index (χ0) is 19.6. The molecule has 0 bridgehead atoms. The molecule has 27 heavy (non-hydrogen) atoms. The third-order valence-electron chi connectivity index (χ3n) is 5.11. The first-order valence-corrected chi connectivity index (χ1v) is 9.45. The van der Waals surface area contributed by atoms with Gasteiger partial charge in [0.15, 0.2) is 11.4 Å². The Kier molecular flexibility index (Phi) is 5.65. The van der Waals surface area contributed by atoms with Gasteiger partial charge >= 0.3 is 0 Å². The molecule has 0 fully saturated rings. The Balaban J connectivity index is 1.94. The van der Waals surface area contributed by atoms with Crippen molar-refractivity contribution in [1.82, 2.24) is 14.4 Å². The second-order valence-electron chi connectivity index (χ2n) is 7.23. The van der Waals surface area contributed by atoms with Crippen molar-refractivity contribution < 1.29 is 9.90 Å². The van der Waals surface area contributed by atoms with Crippen molar-refractivity contribution in [1.29, 1.82) is 0 Å². The molecule has 1 aliphatic heterocycles. The van der Waals surface area contributed by atoms with Crippen molar-refractivity contribution >= 4 is 5.91 Å². The Bertz CT molecular complexity index is 874. The average Bonchev–Trinajstić information content (AvgIpc) is 2.65. The summed E-state index contributed by atoms with van der Waals surface area (Å²) in [6.07, 6.45) is 0. The molecule has 1 aliphatic rings. The van der Waals surface area contributed by atoms with E-state index in [1.165, 1.54) is 11.6 Å². The quantitative estimate of drug-likeness (QED) is 0.849. The van der Waals surface area contributed by atoms with Crippen LogP contribution in [0, 0.1) is 0 Å². The highest BCUT2D eigenvalue weighted by atomic mass is 16.3. The maximum absolute atomic E-state index is 12.8. The smallest absolute Gasteiger partial charge is 0.274 e. The van der Waals surface area contributed by atoms with Crippen LogP contribution in [0.15, 0.2) is 41.2 Å². The van der Waals surface area contributed by atoms with Crippen LogP contribution in [0.2, 0.25) is 0 Å². The van der Waals surface area contributed by atoms with E-state index in [9.17, 15) is 14.7 Å². The predicted molar refractivity (Wildman–Crippen MR) is 105 cm³/mol. The molecule has 1 aromatic carbocycles. The van der Waals surface area contributed by atoms with Gasteiger partial charge in [-0.1, -0.05) is 37.3 Å². The van der Waals surface area contributed by atoms with Crippen LogP contribution in [0.4, 0.5) is 0 Å². The van der Waals surface area contributed by atoms with Gasteiger partial charge in [0, 0.05) is 44.0 Å². The number of carbonyl (C=O) groups excluding carboxylic acids is 1. The van der Waals surface area contributed by atoms with E-state index >= 15 is 0 Å². The Morgan fingerprint density at radius 2 is 1.81 bits per heavy atom. The molecule has 0 saturated carbocycles. The Morgan fingerprint density at radius 3 is 2.44 bits per heavy atom. The summed E-state index contributed by atoms with van der Waals surface area (Å²) in [4.78, 5) is 29.0. The van der Waals surface area contributed by atoms with E-state index in [1.807, 2.05) is 36.6 Å². The second-order valence-corrected chi connectivity index (χ2v) is 7.23. The van der Waals surface area contributed by atoms with E-state index in [1.54, 1.807) is 4.90 Å². The number of aromatic nitrogens is 1. The maximum atomic E-state index is 12.8. The number of fused-ring (bicyclic) bond motifs is 1. The lowest BCUT2D eigenvalue weighted by atomic mass is 10.1. The fourth-order valence-corrected chi connectivity index (χ4v) is 3.58. The number of hydrogen-bond acceptors (Lipinski definition) is 4. The fraction of sp³-hybridized carbons (Fsp3) is 0.429. The molecular weight excluding hydrogens is 342 g/mol. The van der Waals surface area contributed by atoms with Gasteiger partial charge in [-0.15, -0.1) is 0 Å². The Hall–Kier alpha value is -2.60. The van der Waals surface area contributed by atoms with Crippen molar-refractivity contribution in [2.24, 2.45) is 0 Å². The summed E-state index contributed by atoms with van der Waals surface area (Å²) in [5.74, 6) is -0.723. The van der Waals surface area contributed by atoms with Gasteiger partial charge in [0.25, 0.3) is 5.91 Å². The summed E-state index contributed by atoms with van der Waals surface area (Å²) in [6.45, 7) is 9.21. The summed E-state index contributed by atoms with van der Waals surface area (Å²) in [5.41, 5.74) is 1.59. The van der Waals surface area contributed by atoms with Crippen LogP contribution in [-0.4, -0.2) is 44.5 Å². The molecule has 144 valence electrons. The molecule has 0 atom stereocenters. The number of rotatable bonds is 6. The summed E-state index contributed by atoms with van der Waals surface area (Å²) < 4.78 is 1.81. The molecule has 6 nitrogen and oxygen atoms in total. The van der Waals surface area contributed by atoms with Crippen molar-refractivity contribution in [3.05, 3.63) is 63.6 Å². The monoisotopic (exact) mass is 369 g/mol. The molecular formula is C21H27N3O3. The normalized spacial score (nSPS) is 14.1. The van der Waals surface area contributed by atoms with Gasteiger partial charge in [-0.2, -0.15) is 0 Å². The largest absolute Gasteiger partial charge is 0.503 e. The van der Waals surface area contributed by atoms with Crippen molar-refractivity contribution in [2.75, 3.05) is 13.1 Å². The van der Waals surface area contributed by atoms with E-state index in [-0.39, 0.29) is 17.6 Å². The number of aromatic hydroxyl groups is 1. The minimum absolute atomic E-state index is 0.0228. The van der Waals surface area contributed by atoms with Crippen LogP contribution >= 0.6 is 0 Å². The number of amides is 1. The number of nitrogens with zero attached hydrogens (tertiary/aromatic N) is 3. The number of benzene rings is 1. The predicted octanol–water partition coefficient (Wildman–Crippen LogP) is 2.44. The SMILES string of the molecule is CCN(Cc1ccccc1)Cc1cc(=O)c(O)c2n1CCN(C(C)C)C2=O. The Morgan fingerprint density at radius 1 is 1.11 bits per heavy atom. The van der Waals surface area contributed by atoms with Crippen LogP contribution in [0.5, 0.6) is 5.75 Å². The van der Waals surface area contributed by atoms with Crippen molar-refractivity contribution in [3.8, 4) is 5.75 Å². The first-order chi connectivity index (χ1) is 12.9. The highest BCUT2D eigenvalue weighted by Crippen LogP contribution is 2.23. The van der Waals surface area contributed by atoms with Gasteiger partial charge in [0.05, 0.1) is 0 Å². The topological polar surface area (TPSA) is 65.8 Å². The van der Waals surface area contributed by atoms with E-state index < -0.39 is 11.2 Å². The zero-order valence-corrected chi connectivity index (χ0v) is 16.2. The minimum atomic E-state index is -0.494. The molecule has 1 aromatic heterocycles. The van der Waals surface area contributed by atoms with Gasteiger partial charge in [-0.05, 0) is 26.0 Å². The van der Waals surface area contributed by atoms with Gasteiger partial charge < -0.3 is 14.6 Å². The number of pyridine rings is 1. The summed E-state index contributed by atoms with van der Waals surface area (Å²) in [5, 5.41) is 10.3. The van der Waals surface area contributed by atoms with Crippen molar-refractivity contribution in [3.63, 3.8) is 0 Å². The van der Waals surface area contributed by atoms with E-state index in [0.717, 1.165) is 18.8 Å². The van der Waals surface area contributed by atoms with Gasteiger partial charge in [0.2, 0.25) is 5.43 Å². The second kappa shape index (κ2) is 7.96. The molecule has 0 unspecified atom stereocenters. The molecule has 1 N–H and O–H groups in total. The van der Waals surface area contributed by atoms with Crippen LogP contribution in [0.3, 0.4) is 0 Å². The highest BCUT2D eigenvalue weighted by molar-refractivity contribution is 5.96. The third kappa shape index (κ3) is 3.90. The maximum Gasteiger partial charge on any atom is 0.274 e. The summed E-state index contributed by atoms with van der Waals surface area (Å²) in [7, 11) is 0. The van der Waals surface area contributed by atoms with E-state index in [4.69, 9.17) is 0 Å². The Labute approximate surface area is 159 Å². The highest BCUT2D eigenvalue weighted by Gasteiger charge is 2.31. The van der Waals surface area contributed by atoms with E-state index in [0.29, 0.717) is 19.6 Å². The molecule has 1 amide bonds. The zero-order valence-electron chi connectivity index (χ0n) is 16.2. The van der Waals surface area contributed by atoms with Crippen molar-refractivity contribution in [2.45, 2.75) is 46.4 Å². The van der Waals surface area contributed by atoms with Crippen LogP contribution in [0.1, 0.15) is 42.5 Å².